The van der Waals surface area contributed by atoms with Crippen molar-refractivity contribution in [2.45, 2.75) is 6.42 Å². The number of hydrogen-bond acceptors (Lipinski definition) is 4. The molecule has 0 aliphatic heterocycles. The van der Waals surface area contributed by atoms with Crippen LogP contribution in [0, 0.1) is 10.1 Å². The number of nitro benzene ring substituents is 1. The number of non-ortho nitro benzene ring substituents is 1. The highest BCUT2D eigenvalue weighted by atomic mass is 16.6. The molecule has 1 heterocycles. The van der Waals surface area contributed by atoms with Crippen LogP contribution in [0.5, 0.6) is 5.75 Å². The van der Waals surface area contributed by atoms with Gasteiger partial charge in [0.1, 0.15) is 5.75 Å². The maximum atomic E-state index is 11.0. The lowest BCUT2D eigenvalue weighted by Crippen LogP contribution is -2.00. The van der Waals surface area contributed by atoms with Crippen LogP contribution in [0.2, 0.25) is 0 Å². The van der Waals surface area contributed by atoms with Crippen molar-refractivity contribution < 1.29 is 19.6 Å². The number of nitro groups is 1. The van der Waals surface area contributed by atoms with E-state index in [4.69, 9.17) is 9.84 Å². The van der Waals surface area contributed by atoms with E-state index in [9.17, 15) is 14.9 Å². The Hall–Kier alpha value is -3.35. The van der Waals surface area contributed by atoms with Gasteiger partial charge in [0.2, 0.25) is 0 Å². The fraction of sp³-hybridized carbons (Fsp3) is 0.118. The van der Waals surface area contributed by atoms with Crippen molar-refractivity contribution >= 4 is 22.6 Å². The van der Waals surface area contributed by atoms with E-state index in [2.05, 4.69) is 4.98 Å². The van der Waals surface area contributed by atoms with E-state index < -0.39 is 10.9 Å². The van der Waals surface area contributed by atoms with E-state index in [1.54, 1.807) is 18.3 Å². The second-order valence-corrected chi connectivity index (χ2v) is 5.31. The molecule has 0 saturated heterocycles. The normalized spacial score (nSPS) is 10.7. The largest absolute Gasteiger partial charge is 0.496 e. The topological polar surface area (TPSA) is 105 Å². The Kier molecular flexibility index (Phi) is 3.91. The van der Waals surface area contributed by atoms with E-state index in [0.717, 1.165) is 22.0 Å². The smallest absolute Gasteiger partial charge is 0.335 e. The maximum absolute atomic E-state index is 11.0. The predicted molar refractivity (Wildman–Crippen MR) is 87.7 cm³/mol. The molecule has 122 valence electrons. The van der Waals surface area contributed by atoms with Crippen molar-refractivity contribution in [3.05, 3.63) is 69.4 Å². The van der Waals surface area contributed by atoms with Crippen molar-refractivity contribution in [2.75, 3.05) is 7.11 Å². The number of H-pyrrole nitrogens is 1. The molecule has 3 rings (SSSR count). The SMILES string of the molecule is COc1cc(C(=O)O)ccc1Cc1c[nH]c2ccc([N+](=O)[O-])cc12. The van der Waals surface area contributed by atoms with Gasteiger partial charge in [-0.05, 0) is 29.3 Å². The van der Waals surface area contributed by atoms with Crippen LogP contribution in [-0.4, -0.2) is 28.1 Å². The monoisotopic (exact) mass is 326 g/mol. The van der Waals surface area contributed by atoms with Crippen molar-refractivity contribution in [1.82, 2.24) is 4.98 Å². The summed E-state index contributed by atoms with van der Waals surface area (Å²) in [5, 5.41) is 20.8. The molecule has 0 radical (unpaired) electrons. The van der Waals surface area contributed by atoms with Gasteiger partial charge in [0, 0.05) is 35.7 Å². The summed E-state index contributed by atoms with van der Waals surface area (Å²) >= 11 is 0. The zero-order valence-electron chi connectivity index (χ0n) is 12.8. The number of nitrogens with zero attached hydrogens (tertiary/aromatic N) is 1. The Balaban J connectivity index is 2.02. The molecular formula is C17H14N2O5. The van der Waals surface area contributed by atoms with Gasteiger partial charge in [-0.1, -0.05) is 6.07 Å². The summed E-state index contributed by atoms with van der Waals surface area (Å²) in [7, 11) is 1.48. The molecule has 0 fully saturated rings. The van der Waals surface area contributed by atoms with Crippen LogP contribution >= 0.6 is 0 Å². The van der Waals surface area contributed by atoms with E-state index in [-0.39, 0.29) is 11.3 Å². The fourth-order valence-corrected chi connectivity index (χ4v) is 2.66. The lowest BCUT2D eigenvalue weighted by atomic mass is 10.0. The summed E-state index contributed by atoms with van der Waals surface area (Å²) in [6.45, 7) is 0. The van der Waals surface area contributed by atoms with Gasteiger partial charge in [-0.25, -0.2) is 4.79 Å². The molecule has 7 heteroatoms. The number of rotatable bonds is 5. The molecule has 0 spiro atoms. The standard InChI is InChI=1S/C17H14N2O5/c1-24-16-7-11(17(20)21)3-2-10(16)6-12-9-18-15-5-4-13(19(22)23)8-14(12)15/h2-5,7-9,18H,6H2,1H3,(H,20,21). The first kappa shape index (κ1) is 15.5. The summed E-state index contributed by atoms with van der Waals surface area (Å²) in [5.74, 6) is -0.558. The van der Waals surface area contributed by atoms with Gasteiger partial charge >= 0.3 is 5.97 Å². The quantitative estimate of drug-likeness (QED) is 0.552. The minimum absolute atomic E-state index is 0.0246. The molecule has 24 heavy (non-hydrogen) atoms. The van der Waals surface area contributed by atoms with Crippen molar-refractivity contribution in [2.24, 2.45) is 0 Å². The number of ether oxygens (including phenoxy) is 1. The van der Waals surface area contributed by atoms with Gasteiger partial charge in [0.05, 0.1) is 17.6 Å². The number of carboxylic acids is 1. The average molecular weight is 326 g/mol. The van der Waals surface area contributed by atoms with E-state index in [0.29, 0.717) is 12.2 Å². The van der Waals surface area contributed by atoms with Crippen LogP contribution in [-0.2, 0) is 6.42 Å². The minimum atomic E-state index is -1.03. The molecule has 0 unspecified atom stereocenters. The zero-order chi connectivity index (χ0) is 17.3. The third kappa shape index (κ3) is 2.79. The zero-order valence-corrected chi connectivity index (χ0v) is 12.8. The molecule has 1 aromatic heterocycles. The van der Waals surface area contributed by atoms with Crippen LogP contribution in [0.15, 0.2) is 42.6 Å². The fourth-order valence-electron chi connectivity index (χ4n) is 2.66. The van der Waals surface area contributed by atoms with Crippen molar-refractivity contribution in [3.8, 4) is 5.75 Å². The van der Waals surface area contributed by atoms with Gasteiger partial charge < -0.3 is 14.8 Å². The van der Waals surface area contributed by atoms with Crippen LogP contribution in [0.25, 0.3) is 10.9 Å². The van der Waals surface area contributed by atoms with Crippen LogP contribution < -0.4 is 4.74 Å². The molecule has 0 aliphatic rings. The highest BCUT2D eigenvalue weighted by Crippen LogP contribution is 2.29. The Morgan fingerprint density at radius 3 is 2.71 bits per heavy atom. The Bertz CT molecular complexity index is 945. The number of aromatic amines is 1. The third-order valence-electron chi connectivity index (χ3n) is 3.88. The third-order valence-corrected chi connectivity index (χ3v) is 3.88. The number of carboxylic acid groups (broad SMARTS) is 1. The minimum Gasteiger partial charge on any atom is -0.496 e. The summed E-state index contributed by atoms with van der Waals surface area (Å²) in [5.41, 5.74) is 2.64. The van der Waals surface area contributed by atoms with E-state index in [1.165, 1.54) is 31.4 Å². The van der Waals surface area contributed by atoms with Gasteiger partial charge in [-0.15, -0.1) is 0 Å². The highest BCUT2D eigenvalue weighted by Gasteiger charge is 2.14. The first-order valence-corrected chi connectivity index (χ1v) is 7.14. The van der Waals surface area contributed by atoms with Crippen molar-refractivity contribution in [1.29, 1.82) is 0 Å². The van der Waals surface area contributed by atoms with E-state index in [1.807, 2.05) is 0 Å². The Morgan fingerprint density at radius 1 is 1.25 bits per heavy atom. The number of carbonyl (C=O) groups is 1. The number of aromatic carboxylic acids is 1. The number of methoxy groups -OCH3 is 1. The number of nitrogens with one attached hydrogen (secondary N) is 1. The molecule has 0 atom stereocenters. The second-order valence-electron chi connectivity index (χ2n) is 5.31. The van der Waals surface area contributed by atoms with Crippen LogP contribution in [0.3, 0.4) is 0 Å². The molecule has 2 N–H and O–H groups in total. The highest BCUT2D eigenvalue weighted by molar-refractivity contribution is 5.88. The predicted octanol–water partition coefficient (Wildman–Crippen LogP) is 3.37. The number of aromatic nitrogens is 1. The van der Waals surface area contributed by atoms with E-state index >= 15 is 0 Å². The lowest BCUT2D eigenvalue weighted by molar-refractivity contribution is -0.384. The molecule has 0 bridgehead atoms. The molecule has 0 saturated carbocycles. The van der Waals surface area contributed by atoms with Gasteiger partial charge in [0.15, 0.2) is 0 Å². The maximum Gasteiger partial charge on any atom is 0.335 e. The summed E-state index contributed by atoms with van der Waals surface area (Å²) in [6.07, 6.45) is 2.25. The molecule has 0 amide bonds. The summed E-state index contributed by atoms with van der Waals surface area (Å²) in [6, 6.07) is 9.32. The number of hydrogen-bond donors (Lipinski definition) is 2. The van der Waals surface area contributed by atoms with Crippen molar-refractivity contribution in [3.63, 3.8) is 0 Å². The first-order valence-electron chi connectivity index (χ1n) is 7.14. The second kappa shape index (κ2) is 6.04. The van der Waals surface area contributed by atoms with Crippen LogP contribution in [0.1, 0.15) is 21.5 Å². The Labute approximate surface area is 136 Å². The number of fused-ring (bicyclic) bond motifs is 1. The summed E-state index contributed by atoms with van der Waals surface area (Å²) < 4.78 is 5.28. The van der Waals surface area contributed by atoms with Crippen LogP contribution in [0.4, 0.5) is 5.69 Å². The van der Waals surface area contributed by atoms with Gasteiger partial charge in [0.25, 0.3) is 5.69 Å². The first-order chi connectivity index (χ1) is 11.5. The lowest BCUT2D eigenvalue weighted by Gasteiger charge is -2.09. The average Bonchev–Trinajstić information content (AvgIpc) is 2.97. The molecule has 2 aromatic carbocycles. The molecule has 7 nitrogen and oxygen atoms in total. The molecule has 0 aliphatic carbocycles. The summed E-state index contributed by atoms with van der Waals surface area (Å²) in [4.78, 5) is 24.7. The van der Waals surface area contributed by atoms with Gasteiger partial charge in [-0.2, -0.15) is 0 Å². The van der Waals surface area contributed by atoms with Gasteiger partial charge in [-0.3, -0.25) is 10.1 Å². The molecular weight excluding hydrogens is 312 g/mol. The Morgan fingerprint density at radius 2 is 2.04 bits per heavy atom. The molecule has 3 aromatic rings. The number of benzene rings is 2.